The van der Waals surface area contributed by atoms with Crippen LogP contribution in [0.2, 0.25) is 0 Å². The molecule has 0 aliphatic heterocycles. The van der Waals surface area contributed by atoms with Crippen molar-refractivity contribution in [3.63, 3.8) is 0 Å². The van der Waals surface area contributed by atoms with Gasteiger partial charge in [0.2, 0.25) is 5.78 Å². The minimum Gasteiger partial charge on any atom is -0.481 e. The molecule has 1 fully saturated rings. The Morgan fingerprint density at radius 1 is 1.16 bits per heavy atom. The molecule has 32 heavy (non-hydrogen) atoms. The molecule has 1 aromatic rings. The summed E-state index contributed by atoms with van der Waals surface area (Å²) in [5.41, 5.74) is 0.631. The minimum absolute atomic E-state index is 0.0167. The monoisotopic (exact) mass is 450 g/mol. The molecule has 2 aliphatic carbocycles. The number of ketones is 2. The van der Waals surface area contributed by atoms with Crippen molar-refractivity contribution in [2.24, 2.45) is 11.8 Å². The Morgan fingerprint density at radius 2 is 1.91 bits per heavy atom. The number of unbranched alkanes of at least 4 members (excludes halogenated alkanes) is 3. The number of hydrogen-bond donors (Lipinski definition) is 3. The van der Waals surface area contributed by atoms with E-state index in [1.165, 1.54) is 12.1 Å². The van der Waals surface area contributed by atoms with Crippen LogP contribution in [-0.4, -0.2) is 51.2 Å². The molecule has 0 amide bonds. The highest BCUT2D eigenvalue weighted by Gasteiger charge is 2.41. The number of carboxylic acids is 1. The van der Waals surface area contributed by atoms with E-state index in [2.05, 4.69) is 0 Å². The lowest BCUT2D eigenvalue weighted by atomic mass is 9.85. The summed E-state index contributed by atoms with van der Waals surface area (Å²) in [5, 5.41) is 29.3. The van der Waals surface area contributed by atoms with Crippen LogP contribution in [0.25, 0.3) is 6.08 Å². The molecule has 3 unspecified atom stereocenters. The summed E-state index contributed by atoms with van der Waals surface area (Å²) >= 11 is 0. The first-order chi connectivity index (χ1) is 15.3. The number of aliphatic carboxylic acids is 1. The SMILES string of the molecule is O=C(O)CCCCCC[C@@H]1C(CCC(O)C(=O)c2cc3c(o2)CC(F)C=C3)C(=O)C[C@@H]1O. The minimum atomic E-state index is -1.34. The normalized spacial score (nSPS) is 25.7. The van der Waals surface area contributed by atoms with Crippen molar-refractivity contribution in [3.8, 4) is 0 Å². The lowest BCUT2D eigenvalue weighted by Gasteiger charge is -2.21. The molecule has 0 aromatic carbocycles. The number of halogens is 1. The second-order valence-electron chi connectivity index (χ2n) is 8.88. The quantitative estimate of drug-likeness (QED) is 0.329. The van der Waals surface area contributed by atoms with E-state index < -0.39 is 36.1 Å². The zero-order valence-corrected chi connectivity index (χ0v) is 18.0. The van der Waals surface area contributed by atoms with Crippen molar-refractivity contribution < 1.29 is 38.5 Å². The highest BCUT2D eigenvalue weighted by molar-refractivity contribution is 5.97. The fourth-order valence-corrected chi connectivity index (χ4v) is 4.75. The van der Waals surface area contributed by atoms with Gasteiger partial charge in [-0.15, -0.1) is 0 Å². The Morgan fingerprint density at radius 3 is 2.66 bits per heavy atom. The molecule has 5 atom stereocenters. The van der Waals surface area contributed by atoms with Gasteiger partial charge in [-0.25, -0.2) is 4.39 Å². The topological polar surface area (TPSA) is 125 Å². The van der Waals surface area contributed by atoms with Gasteiger partial charge in [-0.05, 0) is 43.7 Å². The molecular formula is C24H31FO7. The molecule has 1 saturated carbocycles. The molecule has 1 aromatic heterocycles. The van der Waals surface area contributed by atoms with Crippen molar-refractivity contribution in [1.29, 1.82) is 0 Å². The summed E-state index contributed by atoms with van der Waals surface area (Å²) in [7, 11) is 0. The van der Waals surface area contributed by atoms with E-state index in [4.69, 9.17) is 9.52 Å². The molecule has 1 heterocycles. The van der Waals surface area contributed by atoms with Gasteiger partial charge in [-0.1, -0.05) is 25.3 Å². The predicted octanol–water partition coefficient (Wildman–Crippen LogP) is 3.50. The van der Waals surface area contributed by atoms with Crippen molar-refractivity contribution in [2.45, 2.75) is 82.6 Å². The standard InChI is InChI=1S/C24H31FO7/c25-15-8-7-14-11-22(32-21(14)12-15)24(31)18(26)10-9-17-16(19(27)13-20(17)28)5-3-1-2-4-6-23(29)30/h7-8,11,15-19,26-27H,1-6,9-10,12-13H2,(H,29,30)/t15?,16-,17?,18?,19+/m1/s1. The molecule has 3 N–H and O–H groups in total. The van der Waals surface area contributed by atoms with Gasteiger partial charge in [-0.2, -0.15) is 0 Å². The Bertz CT molecular complexity index is 859. The van der Waals surface area contributed by atoms with Crippen LogP contribution in [0.15, 0.2) is 16.6 Å². The number of fused-ring (bicyclic) bond motifs is 1. The zero-order valence-electron chi connectivity index (χ0n) is 18.0. The maximum Gasteiger partial charge on any atom is 0.303 e. The summed E-state index contributed by atoms with van der Waals surface area (Å²) in [6, 6.07) is 1.50. The smallest absolute Gasteiger partial charge is 0.303 e. The fraction of sp³-hybridized carbons (Fsp3) is 0.625. The van der Waals surface area contributed by atoms with Crippen LogP contribution in [0, 0.1) is 11.8 Å². The summed E-state index contributed by atoms with van der Waals surface area (Å²) in [4.78, 5) is 35.5. The molecule has 8 heteroatoms. The first-order valence-electron chi connectivity index (χ1n) is 11.4. The van der Waals surface area contributed by atoms with E-state index in [1.807, 2.05) is 0 Å². The van der Waals surface area contributed by atoms with E-state index >= 15 is 0 Å². The third-order valence-corrected chi connectivity index (χ3v) is 6.52. The summed E-state index contributed by atoms with van der Waals surface area (Å²) in [6.45, 7) is 0. The number of hydrogen-bond acceptors (Lipinski definition) is 6. The summed E-state index contributed by atoms with van der Waals surface area (Å²) in [6.07, 6.45) is 4.03. The van der Waals surface area contributed by atoms with Crippen LogP contribution in [0.3, 0.4) is 0 Å². The molecule has 176 valence electrons. The average Bonchev–Trinajstić information content (AvgIpc) is 3.27. The molecule has 0 spiro atoms. The van der Waals surface area contributed by atoms with Gasteiger partial charge in [0.1, 0.15) is 23.8 Å². The third-order valence-electron chi connectivity index (χ3n) is 6.52. The number of aliphatic hydroxyl groups excluding tert-OH is 2. The Labute approximate surface area is 186 Å². The van der Waals surface area contributed by atoms with E-state index in [0.717, 1.165) is 19.3 Å². The maximum atomic E-state index is 13.5. The number of carbonyl (C=O) groups is 3. The fourth-order valence-electron chi connectivity index (χ4n) is 4.75. The number of furan rings is 1. The van der Waals surface area contributed by atoms with Gasteiger partial charge in [0, 0.05) is 30.7 Å². The van der Waals surface area contributed by atoms with Gasteiger partial charge in [0.05, 0.1) is 6.10 Å². The van der Waals surface area contributed by atoms with Crippen LogP contribution in [-0.2, 0) is 16.0 Å². The van der Waals surface area contributed by atoms with Crippen molar-refractivity contribution in [3.05, 3.63) is 29.2 Å². The van der Waals surface area contributed by atoms with Crippen LogP contribution in [0.5, 0.6) is 0 Å². The lowest BCUT2D eigenvalue weighted by molar-refractivity contribution is -0.137. The Kier molecular flexibility index (Phi) is 8.37. The van der Waals surface area contributed by atoms with Crippen LogP contribution in [0.4, 0.5) is 4.39 Å². The number of allylic oxidation sites excluding steroid dienone is 1. The van der Waals surface area contributed by atoms with Gasteiger partial charge in [0.15, 0.2) is 5.76 Å². The summed E-state index contributed by atoms with van der Waals surface area (Å²) < 4.78 is 18.9. The van der Waals surface area contributed by atoms with Crippen LogP contribution in [0.1, 0.15) is 79.7 Å². The van der Waals surface area contributed by atoms with Gasteiger partial charge < -0.3 is 19.7 Å². The number of rotatable bonds is 12. The first kappa shape index (κ1) is 24.3. The zero-order chi connectivity index (χ0) is 23.3. The average molecular weight is 451 g/mol. The van der Waals surface area contributed by atoms with E-state index in [1.54, 1.807) is 6.08 Å². The van der Waals surface area contributed by atoms with E-state index in [9.17, 15) is 29.0 Å². The molecule has 7 nitrogen and oxygen atoms in total. The van der Waals surface area contributed by atoms with Crippen molar-refractivity contribution in [2.75, 3.05) is 0 Å². The Hall–Kier alpha value is -2.32. The maximum absolute atomic E-state index is 13.5. The van der Waals surface area contributed by atoms with E-state index in [0.29, 0.717) is 30.6 Å². The molecule has 2 aliphatic rings. The highest BCUT2D eigenvalue weighted by atomic mass is 19.1. The van der Waals surface area contributed by atoms with Crippen LogP contribution < -0.4 is 0 Å². The van der Waals surface area contributed by atoms with Gasteiger partial charge >= 0.3 is 5.97 Å². The summed E-state index contributed by atoms with van der Waals surface area (Å²) in [5.74, 6) is -1.72. The van der Waals surface area contributed by atoms with Crippen molar-refractivity contribution in [1.82, 2.24) is 0 Å². The number of carbonyl (C=O) groups excluding carboxylic acids is 2. The molecule has 3 rings (SSSR count). The number of Topliss-reactive ketones (excluding diaryl/α,β-unsaturated/α-hetero) is 2. The molecular weight excluding hydrogens is 419 g/mol. The van der Waals surface area contributed by atoms with Crippen LogP contribution >= 0.6 is 0 Å². The Balaban J connectivity index is 1.49. The van der Waals surface area contributed by atoms with Crippen molar-refractivity contribution >= 4 is 23.6 Å². The van der Waals surface area contributed by atoms with Gasteiger partial charge in [-0.3, -0.25) is 14.4 Å². The largest absolute Gasteiger partial charge is 0.481 e. The number of alkyl halides is 1. The first-order valence-corrected chi connectivity index (χ1v) is 11.4. The number of carboxylic acid groups (broad SMARTS) is 1. The predicted molar refractivity (Wildman–Crippen MR) is 114 cm³/mol. The molecule has 0 radical (unpaired) electrons. The molecule has 0 saturated heterocycles. The second-order valence-corrected chi connectivity index (χ2v) is 8.88. The molecule has 0 bridgehead atoms. The third kappa shape index (κ3) is 6.13. The van der Waals surface area contributed by atoms with E-state index in [-0.39, 0.29) is 43.1 Å². The number of aliphatic hydroxyl groups is 2. The van der Waals surface area contributed by atoms with Gasteiger partial charge in [0.25, 0.3) is 0 Å². The highest BCUT2D eigenvalue weighted by Crippen LogP contribution is 2.37. The lowest BCUT2D eigenvalue weighted by Crippen LogP contribution is -2.25. The second kappa shape index (κ2) is 11.0.